The van der Waals surface area contributed by atoms with E-state index in [0.29, 0.717) is 30.3 Å². The van der Waals surface area contributed by atoms with E-state index in [-0.39, 0.29) is 6.29 Å². The fraction of sp³-hybridized carbons (Fsp3) is 0.875. The summed E-state index contributed by atoms with van der Waals surface area (Å²) in [6.07, 6.45) is 4.62. The van der Waals surface area contributed by atoms with Crippen LogP contribution in [0.4, 0.5) is 0 Å². The summed E-state index contributed by atoms with van der Waals surface area (Å²) < 4.78 is 11.6. The summed E-state index contributed by atoms with van der Waals surface area (Å²) in [4.78, 5) is 0. The number of fused-ring (bicyclic) bond motifs is 2. The van der Waals surface area contributed by atoms with Gasteiger partial charge >= 0.3 is 0 Å². The van der Waals surface area contributed by atoms with Crippen molar-refractivity contribution >= 4 is 0 Å². The van der Waals surface area contributed by atoms with E-state index in [4.69, 9.17) is 9.47 Å². The van der Waals surface area contributed by atoms with Crippen LogP contribution >= 0.6 is 0 Å². The van der Waals surface area contributed by atoms with Crippen molar-refractivity contribution in [2.75, 3.05) is 19.8 Å². The first-order valence-corrected chi connectivity index (χ1v) is 7.73. The predicted molar refractivity (Wildman–Crippen MR) is 73.6 cm³/mol. The molecule has 5 unspecified atom stereocenters. The third-order valence-electron chi connectivity index (χ3n) is 5.65. The number of aliphatic hydroxyl groups is 1. The molecule has 3 rings (SSSR count). The molecular weight excluding hydrogens is 240 g/mol. The van der Waals surface area contributed by atoms with E-state index < -0.39 is 0 Å². The maximum Gasteiger partial charge on any atom is 0.157 e. The van der Waals surface area contributed by atoms with Crippen LogP contribution in [0.3, 0.4) is 0 Å². The Morgan fingerprint density at radius 3 is 2.53 bits per heavy atom. The summed E-state index contributed by atoms with van der Waals surface area (Å²) >= 11 is 0. The van der Waals surface area contributed by atoms with Crippen molar-refractivity contribution in [2.45, 2.75) is 45.8 Å². The molecule has 1 saturated heterocycles. The molecule has 0 spiro atoms. The number of hydrogen-bond acceptors (Lipinski definition) is 3. The molecule has 2 bridgehead atoms. The summed E-state index contributed by atoms with van der Waals surface area (Å²) in [5.74, 6) is 2.11. The first-order valence-electron chi connectivity index (χ1n) is 7.73. The third-order valence-corrected chi connectivity index (χ3v) is 5.65. The largest absolute Gasteiger partial charge is 0.396 e. The molecule has 2 aliphatic carbocycles. The second kappa shape index (κ2) is 5.55. The number of allylic oxidation sites excluding steroid dienone is 2. The molecule has 3 heteroatoms. The molecule has 1 saturated carbocycles. The molecule has 1 N–H and O–H groups in total. The van der Waals surface area contributed by atoms with Crippen LogP contribution in [0.1, 0.15) is 39.5 Å². The van der Waals surface area contributed by atoms with Gasteiger partial charge in [0, 0.05) is 13.2 Å². The lowest BCUT2D eigenvalue weighted by Crippen LogP contribution is -2.33. The molecule has 1 aliphatic heterocycles. The van der Waals surface area contributed by atoms with Gasteiger partial charge in [0.25, 0.3) is 0 Å². The maximum absolute atomic E-state index is 9.69. The summed E-state index contributed by atoms with van der Waals surface area (Å²) in [5.41, 5.74) is 3.07. The zero-order valence-electron chi connectivity index (χ0n) is 12.1. The second-order valence-electron chi connectivity index (χ2n) is 6.45. The Balaban J connectivity index is 1.61. The Hall–Kier alpha value is -0.380. The van der Waals surface area contributed by atoms with Crippen molar-refractivity contribution in [3.8, 4) is 0 Å². The Bertz CT molecular complexity index is 357. The van der Waals surface area contributed by atoms with Gasteiger partial charge in [-0.25, -0.2) is 0 Å². The lowest BCUT2D eigenvalue weighted by atomic mass is 9.77. The lowest BCUT2D eigenvalue weighted by Gasteiger charge is -2.33. The SMILES string of the molecule is CC1=C(C)C2CC1C(CO)C2COC1CCCCO1. The molecule has 19 heavy (non-hydrogen) atoms. The predicted octanol–water partition coefficient (Wildman–Crippen LogP) is 2.74. The normalized spacial score (nSPS) is 42.2. The second-order valence-corrected chi connectivity index (χ2v) is 6.45. The van der Waals surface area contributed by atoms with Crippen LogP contribution in [0.25, 0.3) is 0 Å². The zero-order chi connectivity index (χ0) is 13.4. The summed E-state index contributed by atoms with van der Waals surface area (Å²) in [7, 11) is 0. The van der Waals surface area contributed by atoms with Gasteiger partial charge in [-0.3, -0.25) is 0 Å². The highest BCUT2D eigenvalue weighted by atomic mass is 16.7. The van der Waals surface area contributed by atoms with Crippen molar-refractivity contribution < 1.29 is 14.6 Å². The Labute approximate surface area is 116 Å². The van der Waals surface area contributed by atoms with Gasteiger partial charge < -0.3 is 14.6 Å². The van der Waals surface area contributed by atoms with Crippen LogP contribution in [-0.2, 0) is 9.47 Å². The van der Waals surface area contributed by atoms with Gasteiger partial charge in [0.2, 0.25) is 0 Å². The van der Waals surface area contributed by atoms with Crippen LogP contribution in [0.5, 0.6) is 0 Å². The van der Waals surface area contributed by atoms with Gasteiger partial charge in [-0.15, -0.1) is 0 Å². The Kier molecular flexibility index (Phi) is 3.97. The zero-order valence-corrected chi connectivity index (χ0v) is 12.1. The lowest BCUT2D eigenvalue weighted by molar-refractivity contribution is -0.173. The molecule has 2 fully saturated rings. The van der Waals surface area contributed by atoms with Gasteiger partial charge in [-0.2, -0.15) is 0 Å². The standard InChI is InChI=1S/C16H26O3/c1-10-11(2)13-7-12(10)14(8-17)15(13)9-19-16-5-3-4-6-18-16/h12-17H,3-9H2,1-2H3. The van der Waals surface area contributed by atoms with Crippen LogP contribution in [0.15, 0.2) is 11.1 Å². The maximum atomic E-state index is 9.69. The van der Waals surface area contributed by atoms with Crippen LogP contribution in [0.2, 0.25) is 0 Å². The van der Waals surface area contributed by atoms with E-state index in [0.717, 1.165) is 26.1 Å². The smallest absolute Gasteiger partial charge is 0.157 e. The molecule has 3 nitrogen and oxygen atoms in total. The van der Waals surface area contributed by atoms with Crippen LogP contribution in [0, 0.1) is 23.7 Å². The Morgan fingerprint density at radius 1 is 1.16 bits per heavy atom. The molecule has 0 aromatic heterocycles. The number of rotatable bonds is 4. The molecule has 3 aliphatic rings. The highest BCUT2D eigenvalue weighted by Crippen LogP contribution is 2.54. The molecule has 0 amide bonds. The van der Waals surface area contributed by atoms with E-state index in [1.807, 2.05) is 0 Å². The summed E-state index contributed by atoms with van der Waals surface area (Å²) in [5, 5.41) is 9.69. The van der Waals surface area contributed by atoms with E-state index in [9.17, 15) is 5.11 Å². The first-order chi connectivity index (χ1) is 9.22. The minimum atomic E-state index is -0.00222. The molecule has 0 aromatic rings. The fourth-order valence-corrected chi connectivity index (χ4v) is 4.36. The molecule has 1 heterocycles. The summed E-state index contributed by atoms with van der Waals surface area (Å²) in [6.45, 7) is 6.39. The van der Waals surface area contributed by atoms with Crippen molar-refractivity contribution in [3.05, 3.63) is 11.1 Å². The number of aliphatic hydroxyl groups excluding tert-OH is 1. The van der Waals surface area contributed by atoms with Crippen molar-refractivity contribution in [1.82, 2.24) is 0 Å². The van der Waals surface area contributed by atoms with Gasteiger partial charge in [-0.1, -0.05) is 11.1 Å². The molecular formula is C16H26O3. The molecule has 108 valence electrons. The molecule has 0 radical (unpaired) electrons. The van der Waals surface area contributed by atoms with E-state index in [2.05, 4.69) is 13.8 Å². The van der Waals surface area contributed by atoms with Gasteiger partial charge in [0.1, 0.15) is 0 Å². The van der Waals surface area contributed by atoms with E-state index in [1.54, 1.807) is 5.57 Å². The average molecular weight is 266 g/mol. The topological polar surface area (TPSA) is 38.7 Å². The monoisotopic (exact) mass is 266 g/mol. The van der Waals surface area contributed by atoms with Gasteiger partial charge in [-0.05, 0) is 63.2 Å². The fourth-order valence-electron chi connectivity index (χ4n) is 4.36. The van der Waals surface area contributed by atoms with Crippen LogP contribution in [-0.4, -0.2) is 31.2 Å². The van der Waals surface area contributed by atoms with E-state index in [1.165, 1.54) is 18.4 Å². The van der Waals surface area contributed by atoms with Crippen molar-refractivity contribution in [1.29, 1.82) is 0 Å². The minimum Gasteiger partial charge on any atom is -0.396 e. The summed E-state index contributed by atoms with van der Waals surface area (Å²) in [6, 6.07) is 0. The third kappa shape index (κ3) is 2.37. The molecule has 5 atom stereocenters. The molecule has 0 aromatic carbocycles. The van der Waals surface area contributed by atoms with Gasteiger partial charge in [0.15, 0.2) is 6.29 Å². The van der Waals surface area contributed by atoms with Gasteiger partial charge in [0.05, 0.1) is 6.61 Å². The van der Waals surface area contributed by atoms with E-state index >= 15 is 0 Å². The Morgan fingerprint density at radius 2 is 1.89 bits per heavy atom. The minimum absolute atomic E-state index is 0.00222. The van der Waals surface area contributed by atoms with Crippen LogP contribution < -0.4 is 0 Å². The highest BCUT2D eigenvalue weighted by molar-refractivity contribution is 5.29. The quantitative estimate of drug-likeness (QED) is 0.795. The first kappa shape index (κ1) is 13.6. The number of hydrogen-bond donors (Lipinski definition) is 1. The van der Waals surface area contributed by atoms with Crippen molar-refractivity contribution in [3.63, 3.8) is 0 Å². The average Bonchev–Trinajstić information content (AvgIpc) is 2.95. The van der Waals surface area contributed by atoms with Crippen molar-refractivity contribution in [2.24, 2.45) is 23.7 Å². The highest BCUT2D eigenvalue weighted by Gasteiger charge is 2.49. The number of ether oxygens (including phenoxy) is 2.